The Labute approximate surface area is 200 Å². The number of aromatic nitrogens is 3. The molecule has 1 fully saturated rings. The number of benzene rings is 2. The van der Waals surface area contributed by atoms with Crippen molar-refractivity contribution in [2.75, 3.05) is 26.2 Å². The maximum atomic E-state index is 13.0. The Morgan fingerprint density at radius 1 is 1.09 bits per heavy atom. The van der Waals surface area contributed by atoms with Crippen LogP contribution < -0.4 is 0 Å². The van der Waals surface area contributed by atoms with Gasteiger partial charge < -0.3 is 9.42 Å². The van der Waals surface area contributed by atoms with Gasteiger partial charge in [-0.1, -0.05) is 64.8 Å². The van der Waals surface area contributed by atoms with Crippen molar-refractivity contribution >= 4 is 28.8 Å². The average molecular weight is 480 g/mol. The molecule has 1 saturated heterocycles. The molecular weight excluding hydrogens is 458 g/mol. The maximum Gasteiger partial charge on any atom is 0.265 e. The van der Waals surface area contributed by atoms with Gasteiger partial charge in [0.05, 0.1) is 17.8 Å². The highest BCUT2D eigenvalue weighted by Gasteiger charge is 2.25. The third kappa shape index (κ3) is 4.83. The topological polar surface area (TPSA) is 75.4 Å². The zero-order valence-corrected chi connectivity index (χ0v) is 19.6. The fraction of sp³-hybridized carbons (Fsp3) is 0.250. The van der Waals surface area contributed by atoms with E-state index in [-0.39, 0.29) is 5.91 Å². The lowest BCUT2D eigenvalue weighted by Crippen LogP contribution is -2.48. The molecule has 3 heterocycles. The first-order chi connectivity index (χ1) is 16.1. The quantitative estimate of drug-likeness (QED) is 0.410. The molecular formula is C24H22ClN5O2S. The lowest BCUT2D eigenvalue weighted by Gasteiger charge is -2.33. The molecule has 0 radical (unpaired) electrons. The lowest BCUT2D eigenvalue weighted by molar-refractivity contribution is 0.0619. The molecule has 5 rings (SSSR count). The monoisotopic (exact) mass is 479 g/mol. The molecule has 0 spiro atoms. The van der Waals surface area contributed by atoms with Gasteiger partial charge in [-0.15, -0.1) is 11.3 Å². The summed E-state index contributed by atoms with van der Waals surface area (Å²) in [5, 5.41) is 5.49. The number of piperazine rings is 1. The molecule has 9 heteroatoms. The van der Waals surface area contributed by atoms with Crippen LogP contribution in [-0.2, 0) is 6.54 Å². The third-order valence-corrected chi connectivity index (χ3v) is 6.97. The van der Waals surface area contributed by atoms with E-state index in [1.807, 2.05) is 60.4 Å². The second kappa shape index (κ2) is 9.43. The minimum Gasteiger partial charge on any atom is -0.338 e. The minimum atomic E-state index is 0.00454. The number of nitrogens with zero attached hydrogens (tertiary/aromatic N) is 5. The predicted octanol–water partition coefficient (Wildman–Crippen LogP) is 4.78. The van der Waals surface area contributed by atoms with Crippen LogP contribution >= 0.6 is 22.9 Å². The molecule has 0 unspecified atom stereocenters. The van der Waals surface area contributed by atoms with Crippen LogP contribution in [0.15, 0.2) is 59.3 Å². The zero-order valence-electron chi connectivity index (χ0n) is 18.1. The number of carbonyl (C=O) groups is 1. The van der Waals surface area contributed by atoms with Gasteiger partial charge in [0.25, 0.3) is 5.91 Å². The smallest absolute Gasteiger partial charge is 0.265 e. The Balaban J connectivity index is 1.17. The van der Waals surface area contributed by atoms with Crippen molar-refractivity contribution in [3.8, 4) is 22.0 Å². The van der Waals surface area contributed by atoms with Gasteiger partial charge in [-0.05, 0) is 13.0 Å². The van der Waals surface area contributed by atoms with Crippen molar-refractivity contribution in [1.82, 2.24) is 24.9 Å². The molecule has 7 nitrogen and oxygen atoms in total. The number of thiazole rings is 1. The third-order valence-electron chi connectivity index (χ3n) is 5.62. The van der Waals surface area contributed by atoms with E-state index in [1.165, 1.54) is 16.9 Å². The fourth-order valence-corrected chi connectivity index (χ4v) is 4.93. The van der Waals surface area contributed by atoms with Crippen LogP contribution in [0.3, 0.4) is 0 Å². The SMILES string of the molecule is Cc1ccc(-c2noc(CN3CCN(C(=O)c4cnc(-c5ccccc5Cl)s4)CC3)n2)cc1. The second-order valence-corrected chi connectivity index (χ2v) is 9.39. The molecule has 0 saturated carbocycles. The summed E-state index contributed by atoms with van der Waals surface area (Å²) < 4.78 is 5.45. The number of hydrogen-bond acceptors (Lipinski definition) is 7. The molecule has 33 heavy (non-hydrogen) atoms. The summed E-state index contributed by atoms with van der Waals surface area (Å²) in [6, 6.07) is 15.6. The minimum absolute atomic E-state index is 0.00454. The highest BCUT2D eigenvalue weighted by molar-refractivity contribution is 7.17. The van der Waals surface area contributed by atoms with Crippen molar-refractivity contribution in [1.29, 1.82) is 0 Å². The molecule has 0 bridgehead atoms. The fourth-order valence-electron chi connectivity index (χ4n) is 3.73. The molecule has 2 aromatic carbocycles. The summed E-state index contributed by atoms with van der Waals surface area (Å²) >= 11 is 7.64. The Kier molecular flexibility index (Phi) is 6.22. The number of amides is 1. The van der Waals surface area contributed by atoms with E-state index in [0.29, 0.717) is 41.2 Å². The lowest BCUT2D eigenvalue weighted by atomic mass is 10.1. The van der Waals surface area contributed by atoms with Gasteiger partial charge >= 0.3 is 0 Å². The summed E-state index contributed by atoms with van der Waals surface area (Å²) in [5.41, 5.74) is 2.97. The maximum absolute atomic E-state index is 13.0. The first kappa shape index (κ1) is 21.8. The summed E-state index contributed by atoms with van der Waals surface area (Å²) in [6.45, 7) is 5.36. The Morgan fingerprint density at radius 2 is 1.85 bits per heavy atom. The molecule has 168 valence electrons. The van der Waals surface area contributed by atoms with Crippen LogP contribution in [0.4, 0.5) is 0 Å². The summed E-state index contributed by atoms with van der Waals surface area (Å²) in [4.78, 5) is 26.6. The van der Waals surface area contributed by atoms with Crippen LogP contribution in [0, 0.1) is 6.92 Å². The normalized spacial score (nSPS) is 14.5. The number of rotatable bonds is 5. The number of carbonyl (C=O) groups excluding carboxylic acids is 1. The van der Waals surface area contributed by atoms with Crippen molar-refractivity contribution < 1.29 is 9.32 Å². The predicted molar refractivity (Wildman–Crippen MR) is 128 cm³/mol. The van der Waals surface area contributed by atoms with E-state index in [1.54, 1.807) is 6.20 Å². The summed E-state index contributed by atoms with van der Waals surface area (Å²) in [6.07, 6.45) is 1.64. The van der Waals surface area contributed by atoms with Crippen LogP contribution in [0.1, 0.15) is 21.1 Å². The Bertz CT molecular complexity index is 1260. The van der Waals surface area contributed by atoms with Gasteiger partial charge in [-0.2, -0.15) is 4.98 Å². The van der Waals surface area contributed by atoms with Gasteiger partial charge in [0.1, 0.15) is 9.88 Å². The van der Waals surface area contributed by atoms with Crippen molar-refractivity contribution in [3.63, 3.8) is 0 Å². The second-order valence-electron chi connectivity index (χ2n) is 7.96. The van der Waals surface area contributed by atoms with Crippen molar-refractivity contribution in [3.05, 3.63) is 76.1 Å². The van der Waals surface area contributed by atoms with Gasteiger partial charge in [0.15, 0.2) is 0 Å². The van der Waals surface area contributed by atoms with E-state index in [9.17, 15) is 4.79 Å². The van der Waals surface area contributed by atoms with Crippen molar-refractivity contribution in [2.45, 2.75) is 13.5 Å². The summed E-state index contributed by atoms with van der Waals surface area (Å²) in [5.74, 6) is 1.18. The molecule has 0 atom stereocenters. The highest BCUT2D eigenvalue weighted by atomic mass is 35.5. The van der Waals surface area contributed by atoms with E-state index in [0.717, 1.165) is 29.2 Å². The van der Waals surface area contributed by atoms with Crippen LogP contribution in [0.25, 0.3) is 22.0 Å². The first-order valence-corrected chi connectivity index (χ1v) is 11.9. The molecule has 1 amide bonds. The largest absolute Gasteiger partial charge is 0.338 e. The van der Waals surface area contributed by atoms with E-state index in [4.69, 9.17) is 16.1 Å². The Morgan fingerprint density at radius 3 is 2.61 bits per heavy atom. The molecule has 1 aliphatic rings. The standard InChI is InChI=1S/C24H22ClN5O2S/c1-16-6-8-17(9-7-16)22-27-21(32-28-22)15-29-10-12-30(13-11-29)24(31)20-14-26-23(33-20)18-4-2-3-5-19(18)25/h2-9,14H,10-13,15H2,1H3. The van der Waals surface area contributed by atoms with Crippen LogP contribution in [0.2, 0.25) is 5.02 Å². The number of halogens is 1. The van der Waals surface area contributed by atoms with E-state index in [2.05, 4.69) is 20.0 Å². The first-order valence-electron chi connectivity index (χ1n) is 10.7. The zero-order chi connectivity index (χ0) is 22.8. The van der Waals surface area contributed by atoms with E-state index >= 15 is 0 Å². The number of hydrogen-bond donors (Lipinski definition) is 0. The molecule has 2 aromatic heterocycles. The molecule has 0 aliphatic carbocycles. The Hall–Kier alpha value is -3.07. The van der Waals surface area contributed by atoms with E-state index < -0.39 is 0 Å². The molecule has 0 N–H and O–H groups in total. The van der Waals surface area contributed by atoms with Gasteiger partial charge in [0, 0.05) is 37.3 Å². The number of aryl methyl sites for hydroxylation is 1. The average Bonchev–Trinajstić information content (AvgIpc) is 3.50. The van der Waals surface area contributed by atoms with Crippen molar-refractivity contribution in [2.24, 2.45) is 0 Å². The molecule has 1 aliphatic heterocycles. The van der Waals surface area contributed by atoms with Gasteiger partial charge in [0.2, 0.25) is 11.7 Å². The van der Waals surface area contributed by atoms with Gasteiger partial charge in [-0.25, -0.2) is 4.98 Å². The molecule has 4 aromatic rings. The highest BCUT2D eigenvalue weighted by Crippen LogP contribution is 2.31. The van der Waals surface area contributed by atoms with Gasteiger partial charge in [-0.3, -0.25) is 9.69 Å². The van der Waals surface area contributed by atoms with Crippen LogP contribution in [0.5, 0.6) is 0 Å². The van der Waals surface area contributed by atoms with Crippen LogP contribution in [-0.4, -0.2) is 57.0 Å². The summed E-state index contributed by atoms with van der Waals surface area (Å²) in [7, 11) is 0.